The maximum absolute atomic E-state index is 12.9. The van der Waals surface area contributed by atoms with Crippen molar-refractivity contribution in [3.63, 3.8) is 0 Å². The third kappa shape index (κ3) is 5.08. The largest absolute Gasteiger partial charge is 0.331 e. The van der Waals surface area contributed by atoms with E-state index in [-0.39, 0.29) is 23.1 Å². The number of rotatable bonds is 9. The van der Waals surface area contributed by atoms with Gasteiger partial charge in [0.05, 0.1) is 15.9 Å². The molecule has 0 radical (unpaired) electrons. The molecule has 0 bridgehead atoms. The molecular weight excluding hydrogens is 466 g/mol. The summed E-state index contributed by atoms with van der Waals surface area (Å²) in [5.74, 6) is 0.638. The van der Waals surface area contributed by atoms with Gasteiger partial charge in [0.15, 0.2) is 0 Å². The van der Waals surface area contributed by atoms with Crippen LogP contribution in [0, 0.1) is 0 Å². The molecule has 3 aromatic rings. The SMILES string of the molecule is CCN(CC)S(=O)(=O)c1ccc2c(c1)nc(CCC(=O)Nc1cccc(N3CCCC3=O)c1)n2C. The normalized spacial score (nSPS) is 14.3. The average molecular weight is 498 g/mol. The van der Waals surface area contributed by atoms with Crippen molar-refractivity contribution in [1.29, 1.82) is 0 Å². The zero-order valence-electron chi connectivity index (χ0n) is 20.3. The molecule has 0 spiro atoms. The van der Waals surface area contributed by atoms with Gasteiger partial charge < -0.3 is 14.8 Å². The van der Waals surface area contributed by atoms with Gasteiger partial charge in [0.1, 0.15) is 5.82 Å². The molecule has 10 heteroatoms. The van der Waals surface area contributed by atoms with Crippen molar-refractivity contribution in [2.75, 3.05) is 29.9 Å². The Morgan fingerprint density at radius 3 is 2.60 bits per heavy atom. The van der Waals surface area contributed by atoms with Gasteiger partial charge in [0, 0.05) is 57.3 Å². The molecule has 35 heavy (non-hydrogen) atoms. The van der Waals surface area contributed by atoms with Crippen LogP contribution >= 0.6 is 0 Å². The van der Waals surface area contributed by atoms with E-state index in [1.807, 2.05) is 43.7 Å². The van der Waals surface area contributed by atoms with Crippen molar-refractivity contribution in [3.05, 3.63) is 48.3 Å². The van der Waals surface area contributed by atoms with Gasteiger partial charge in [-0.2, -0.15) is 4.31 Å². The van der Waals surface area contributed by atoms with Crippen LogP contribution < -0.4 is 10.2 Å². The maximum Gasteiger partial charge on any atom is 0.243 e. The molecule has 1 saturated heterocycles. The molecule has 1 aliphatic rings. The number of fused-ring (bicyclic) bond motifs is 1. The van der Waals surface area contributed by atoms with E-state index in [2.05, 4.69) is 10.3 Å². The third-order valence-corrected chi connectivity index (χ3v) is 8.42. The number of aryl methyl sites for hydroxylation is 2. The number of carbonyl (C=O) groups is 2. The first-order valence-electron chi connectivity index (χ1n) is 11.9. The topological polar surface area (TPSA) is 105 Å². The molecule has 2 heterocycles. The van der Waals surface area contributed by atoms with Crippen LogP contribution in [0.4, 0.5) is 11.4 Å². The van der Waals surface area contributed by atoms with Crippen LogP contribution in [0.25, 0.3) is 11.0 Å². The highest BCUT2D eigenvalue weighted by Crippen LogP contribution is 2.25. The minimum atomic E-state index is -3.57. The fourth-order valence-corrected chi connectivity index (χ4v) is 5.93. The van der Waals surface area contributed by atoms with Gasteiger partial charge in [-0.3, -0.25) is 9.59 Å². The minimum absolute atomic E-state index is 0.100. The van der Waals surface area contributed by atoms with Gasteiger partial charge in [-0.25, -0.2) is 13.4 Å². The number of hydrogen-bond donors (Lipinski definition) is 1. The first-order chi connectivity index (χ1) is 16.7. The molecule has 186 valence electrons. The minimum Gasteiger partial charge on any atom is -0.331 e. The molecule has 2 aromatic carbocycles. The summed E-state index contributed by atoms with van der Waals surface area (Å²) in [5.41, 5.74) is 2.82. The number of anilines is 2. The molecule has 1 fully saturated rings. The molecule has 0 aliphatic carbocycles. The molecule has 4 rings (SSSR count). The van der Waals surface area contributed by atoms with Crippen LogP contribution in [0.15, 0.2) is 47.4 Å². The fourth-order valence-electron chi connectivity index (χ4n) is 4.45. The highest BCUT2D eigenvalue weighted by molar-refractivity contribution is 7.89. The van der Waals surface area contributed by atoms with Crippen LogP contribution in [0.3, 0.4) is 0 Å². The number of nitrogens with zero attached hydrogens (tertiary/aromatic N) is 4. The monoisotopic (exact) mass is 497 g/mol. The van der Waals surface area contributed by atoms with Gasteiger partial charge in [-0.1, -0.05) is 19.9 Å². The Bertz CT molecular complexity index is 1360. The summed E-state index contributed by atoms with van der Waals surface area (Å²) in [4.78, 5) is 31.2. The van der Waals surface area contributed by atoms with E-state index < -0.39 is 10.0 Å². The van der Waals surface area contributed by atoms with Gasteiger partial charge in [-0.15, -0.1) is 0 Å². The Morgan fingerprint density at radius 2 is 1.91 bits per heavy atom. The van der Waals surface area contributed by atoms with Crippen LogP contribution in [-0.2, 0) is 33.1 Å². The third-order valence-electron chi connectivity index (χ3n) is 6.38. The van der Waals surface area contributed by atoms with Crippen LogP contribution in [0.1, 0.15) is 38.9 Å². The van der Waals surface area contributed by atoms with E-state index in [0.717, 1.165) is 17.6 Å². The van der Waals surface area contributed by atoms with E-state index in [1.165, 1.54) is 4.31 Å². The molecule has 2 amide bonds. The van der Waals surface area contributed by atoms with Crippen molar-refractivity contribution < 1.29 is 18.0 Å². The molecule has 0 unspecified atom stereocenters. The summed E-state index contributed by atoms with van der Waals surface area (Å²) in [6, 6.07) is 12.3. The first kappa shape index (κ1) is 24.9. The zero-order chi connectivity index (χ0) is 25.2. The van der Waals surface area contributed by atoms with Gasteiger partial charge >= 0.3 is 0 Å². The second-order valence-electron chi connectivity index (χ2n) is 8.57. The van der Waals surface area contributed by atoms with Crippen molar-refractivity contribution in [3.8, 4) is 0 Å². The lowest BCUT2D eigenvalue weighted by Gasteiger charge is -2.18. The lowest BCUT2D eigenvalue weighted by molar-refractivity contribution is -0.117. The Labute approximate surface area is 205 Å². The standard InChI is InChI=1S/C25H31N5O4S/c1-4-29(5-2)35(33,34)20-11-12-22-21(17-20)27-23(28(22)3)13-14-24(31)26-18-8-6-9-19(16-18)30-15-7-10-25(30)32/h6,8-9,11-12,16-17H,4-5,7,10,13-15H2,1-3H3,(H,26,31). The van der Waals surface area contributed by atoms with Crippen molar-refractivity contribution in [2.45, 2.75) is 44.4 Å². The summed E-state index contributed by atoms with van der Waals surface area (Å²) < 4.78 is 29.0. The maximum atomic E-state index is 12.9. The van der Waals surface area contributed by atoms with Crippen molar-refractivity contribution >= 4 is 44.2 Å². The van der Waals surface area contributed by atoms with E-state index in [9.17, 15) is 18.0 Å². The average Bonchev–Trinajstić information content (AvgIpc) is 3.41. The molecule has 1 aliphatic heterocycles. The lowest BCUT2D eigenvalue weighted by Crippen LogP contribution is -2.30. The molecule has 1 aromatic heterocycles. The number of amides is 2. The van der Waals surface area contributed by atoms with Gasteiger partial charge in [0.2, 0.25) is 21.8 Å². The lowest BCUT2D eigenvalue weighted by atomic mass is 10.2. The van der Waals surface area contributed by atoms with E-state index in [1.54, 1.807) is 29.2 Å². The number of aromatic nitrogens is 2. The number of nitrogens with one attached hydrogen (secondary N) is 1. The predicted molar refractivity (Wildman–Crippen MR) is 136 cm³/mol. The van der Waals surface area contributed by atoms with E-state index in [4.69, 9.17) is 0 Å². The van der Waals surface area contributed by atoms with Gasteiger partial charge in [-0.05, 0) is 42.8 Å². The van der Waals surface area contributed by atoms with E-state index >= 15 is 0 Å². The molecule has 0 saturated carbocycles. The van der Waals surface area contributed by atoms with Crippen LogP contribution in [-0.4, -0.2) is 53.7 Å². The number of hydrogen-bond acceptors (Lipinski definition) is 5. The molecular formula is C25H31N5O4S. The van der Waals surface area contributed by atoms with Gasteiger partial charge in [0.25, 0.3) is 0 Å². The summed E-state index contributed by atoms with van der Waals surface area (Å²) in [7, 11) is -1.72. The number of benzene rings is 2. The van der Waals surface area contributed by atoms with Crippen molar-refractivity contribution in [1.82, 2.24) is 13.9 Å². The summed E-state index contributed by atoms with van der Waals surface area (Å²) in [6.07, 6.45) is 2.02. The number of sulfonamides is 1. The predicted octanol–water partition coefficient (Wildman–Crippen LogP) is 3.30. The first-order valence-corrected chi connectivity index (χ1v) is 13.3. The Hall–Kier alpha value is -3.24. The molecule has 1 N–H and O–H groups in total. The van der Waals surface area contributed by atoms with Crippen LogP contribution in [0.2, 0.25) is 0 Å². The Balaban J connectivity index is 1.45. The van der Waals surface area contributed by atoms with E-state index in [0.29, 0.717) is 49.5 Å². The summed E-state index contributed by atoms with van der Waals surface area (Å²) >= 11 is 0. The van der Waals surface area contributed by atoms with Crippen molar-refractivity contribution in [2.24, 2.45) is 7.05 Å². The van der Waals surface area contributed by atoms with Crippen LogP contribution in [0.5, 0.6) is 0 Å². The second-order valence-corrected chi connectivity index (χ2v) is 10.5. The summed E-state index contributed by atoms with van der Waals surface area (Å²) in [6.45, 7) is 5.12. The molecule has 0 atom stereocenters. The highest BCUT2D eigenvalue weighted by atomic mass is 32.2. The quantitative estimate of drug-likeness (QED) is 0.488. The summed E-state index contributed by atoms with van der Waals surface area (Å²) in [5, 5.41) is 2.90. The number of imidazole rings is 1. The fraction of sp³-hybridized carbons (Fsp3) is 0.400. The Kier molecular flexibility index (Phi) is 7.23. The molecule has 9 nitrogen and oxygen atoms in total. The number of carbonyl (C=O) groups excluding carboxylic acids is 2. The smallest absolute Gasteiger partial charge is 0.243 e. The zero-order valence-corrected chi connectivity index (χ0v) is 21.1. The highest BCUT2D eigenvalue weighted by Gasteiger charge is 2.23. The Morgan fingerprint density at radius 1 is 1.14 bits per heavy atom. The second kappa shape index (κ2) is 10.2.